The monoisotopic (exact) mass is 303 g/mol. The van der Waals surface area contributed by atoms with Gasteiger partial charge in [-0.2, -0.15) is 0 Å². The molecule has 4 nitrogen and oxygen atoms in total. The number of hydrogen-bond acceptors (Lipinski definition) is 5. The van der Waals surface area contributed by atoms with Crippen molar-refractivity contribution in [3.63, 3.8) is 0 Å². The fourth-order valence-corrected chi connectivity index (χ4v) is 3.53. The summed E-state index contributed by atoms with van der Waals surface area (Å²) in [5.41, 5.74) is 1.27. The topological polar surface area (TPSA) is 28.6 Å². The van der Waals surface area contributed by atoms with E-state index in [1.165, 1.54) is 10.6 Å². The minimum absolute atomic E-state index is 0.370. The van der Waals surface area contributed by atoms with Gasteiger partial charge in [-0.3, -0.25) is 9.80 Å². The predicted molar refractivity (Wildman–Crippen MR) is 85.8 cm³/mol. The predicted octanol–water partition coefficient (Wildman–Crippen LogP) is 2.64. The number of aromatic nitrogens is 1. The van der Waals surface area contributed by atoms with Gasteiger partial charge in [0.1, 0.15) is 10.8 Å². The fourth-order valence-electron chi connectivity index (χ4n) is 2.87. The van der Waals surface area contributed by atoms with Crippen molar-refractivity contribution in [1.82, 2.24) is 14.8 Å². The normalized spacial score (nSPS) is 20.6. The molecule has 0 amide bonds. The minimum Gasteiger partial charge on any atom is -0.496 e. The number of methoxy groups -OCH3 is 1. The number of para-hydroxylation sites is 1. The molecule has 1 saturated heterocycles. The van der Waals surface area contributed by atoms with Crippen molar-refractivity contribution in [3.05, 3.63) is 46.4 Å². The summed E-state index contributed by atoms with van der Waals surface area (Å²) in [6.45, 7) is 4.10. The number of nitrogens with zero attached hydrogens (tertiary/aromatic N) is 3. The Morgan fingerprint density at radius 2 is 2.19 bits per heavy atom. The molecule has 1 aromatic heterocycles. The average molecular weight is 303 g/mol. The quantitative estimate of drug-likeness (QED) is 0.868. The van der Waals surface area contributed by atoms with Crippen LogP contribution in [0, 0.1) is 0 Å². The zero-order valence-corrected chi connectivity index (χ0v) is 13.3. The van der Waals surface area contributed by atoms with Gasteiger partial charge in [0.15, 0.2) is 0 Å². The van der Waals surface area contributed by atoms with E-state index in [4.69, 9.17) is 4.74 Å². The van der Waals surface area contributed by atoms with Crippen LogP contribution in [0.5, 0.6) is 5.75 Å². The Labute approximate surface area is 130 Å². The smallest absolute Gasteiger partial charge is 0.123 e. The molecule has 0 radical (unpaired) electrons. The molecule has 1 aliphatic heterocycles. The van der Waals surface area contributed by atoms with Crippen LogP contribution in [0.3, 0.4) is 0 Å². The summed E-state index contributed by atoms with van der Waals surface area (Å²) in [6.07, 6.45) is 1.88. The summed E-state index contributed by atoms with van der Waals surface area (Å²) in [5.74, 6) is 0.977. The maximum atomic E-state index is 5.53. The maximum Gasteiger partial charge on any atom is 0.123 e. The molecule has 0 N–H and O–H groups in total. The van der Waals surface area contributed by atoms with Gasteiger partial charge in [-0.1, -0.05) is 18.2 Å². The number of hydrogen-bond donors (Lipinski definition) is 0. The summed E-state index contributed by atoms with van der Waals surface area (Å²) in [4.78, 5) is 9.29. The van der Waals surface area contributed by atoms with E-state index in [0.29, 0.717) is 6.04 Å². The van der Waals surface area contributed by atoms with Crippen LogP contribution in [-0.2, 0) is 6.54 Å². The van der Waals surface area contributed by atoms with Gasteiger partial charge >= 0.3 is 0 Å². The highest BCUT2D eigenvalue weighted by Crippen LogP contribution is 2.31. The minimum atomic E-state index is 0.370. The van der Waals surface area contributed by atoms with Gasteiger partial charge in [0.25, 0.3) is 0 Å². The van der Waals surface area contributed by atoms with Crippen LogP contribution >= 0.6 is 11.3 Å². The highest BCUT2D eigenvalue weighted by atomic mass is 32.1. The molecule has 3 rings (SSSR count). The zero-order valence-electron chi connectivity index (χ0n) is 12.5. The number of ether oxygens (including phenoxy) is 1. The largest absolute Gasteiger partial charge is 0.496 e. The number of rotatable bonds is 4. The van der Waals surface area contributed by atoms with Gasteiger partial charge in [0.2, 0.25) is 0 Å². The third-order valence-corrected chi connectivity index (χ3v) is 4.84. The van der Waals surface area contributed by atoms with Gasteiger partial charge < -0.3 is 4.74 Å². The van der Waals surface area contributed by atoms with E-state index in [2.05, 4.69) is 34.0 Å². The molecule has 1 aliphatic rings. The summed E-state index contributed by atoms with van der Waals surface area (Å²) in [5, 5.41) is 3.24. The fraction of sp³-hybridized carbons (Fsp3) is 0.438. The van der Waals surface area contributed by atoms with E-state index >= 15 is 0 Å². The first-order valence-corrected chi connectivity index (χ1v) is 8.10. The van der Waals surface area contributed by atoms with Crippen molar-refractivity contribution >= 4 is 11.3 Å². The van der Waals surface area contributed by atoms with E-state index in [1.807, 2.05) is 23.7 Å². The van der Waals surface area contributed by atoms with E-state index < -0.39 is 0 Å². The van der Waals surface area contributed by atoms with Crippen LogP contribution in [0.15, 0.2) is 35.8 Å². The number of piperazine rings is 1. The Bertz CT molecular complexity index is 573. The van der Waals surface area contributed by atoms with Crippen molar-refractivity contribution in [3.8, 4) is 5.75 Å². The molecule has 112 valence electrons. The third kappa shape index (κ3) is 3.26. The Morgan fingerprint density at radius 3 is 2.95 bits per heavy atom. The lowest BCUT2D eigenvalue weighted by Crippen LogP contribution is -2.46. The standard InChI is InChI=1S/C16H21N3OS/c1-18-8-9-19(12-16-17-7-10-21-16)11-14(18)13-5-3-4-6-15(13)20-2/h3-7,10,14H,8-9,11-12H2,1-2H3. The van der Waals surface area contributed by atoms with E-state index in [0.717, 1.165) is 31.9 Å². The summed E-state index contributed by atoms with van der Waals surface area (Å²) in [7, 11) is 3.94. The second-order valence-electron chi connectivity index (χ2n) is 5.40. The second-order valence-corrected chi connectivity index (χ2v) is 6.38. The number of likely N-dealkylation sites (N-methyl/N-ethyl adjacent to an activating group) is 1. The highest BCUT2D eigenvalue weighted by Gasteiger charge is 2.27. The van der Waals surface area contributed by atoms with E-state index in [9.17, 15) is 0 Å². The van der Waals surface area contributed by atoms with Crippen molar-refractivity contribution in [2.24, 2.45) is 0 Å². The number of thiazole rings is 1. The molecule has 1 unspecified atom stereocenters. The Balaban J connectivity index is 1.77. The Hall–Kier alpha value is -1.43. The Kier molecular flexibility index (Phi) is 4.53. The molecular weight excluding hydrogens is 282 g/mol. The van der Waals surface area contributed by atoms with Crippen molar-refractivity contribution in [2.75, 3.05) is 33.8 Å². The maximum absolute atomic E-state index is 5.53. The van der Waals surface area contributed by atoms with Crippen LogP contribution < -0.4 is 4.74 Å². The van der Waals surface area contributed by atoms with E-state index in [1.54, 1.807) is 18.4 Å². The number of benzene rings is 1. The lowest BCUT2D eigenvalue weighted by molar-refractivity contribution is 0.0889. The van der Waals surface area contributed by atoms with Crippen molar-refractivity contribution < 1.29 is 4.74 Å². The van der Waals surface area contributed by atoms with Crippen LogP contribution in [0.2, 0.25) is 0 Å². The van der Waals surface area contributed by atoms with Crippen LogP contribution in [0.1, 0.15) is 16.6 Å². The molecule has 0 spiro atoms. The Morgan fingerprint density at radius 1 is 1.33 bits per heavy atom. The molecule has 0 saturated carbocycles. The SMILES string of the molecule is COc1ccccc1C1CN(Cc2nccs2)CCN1C. The van der Waals surface area contributed by atoms with Gasteiger partial charge in [0, 0.05) is 36.8 Å². The molecule has 5 heteroatoms. The van der Waals surface area contributed by atoms with Gasteiger partial charge in [-0.05, 0) is 13.1 Å². The lowest BCUT2D eigenvalue weighted by Gasteiger charge is -2.39. The molecule has 1 fully saturated rings. The molecule has 1 atom stereocenters. The lowest BCUT2D eigenvalue weighted by atomic mass is 10.0. The zero-order chi connectivity index (χ0) is 14.7. The van der Waals surface area contributed by atoms with Crippen LogP contribution in [0.4, 0.5) is 0 Å². The molecule has 0 bridgehead atoms. The molecule has 2 aromatic rings. The van der Waals surface area contributed by atoms with Gasteiger partial charge in [-0.25, -0.2) is 4.98 Å². The summed E-state index contributed by atoms with van der Waals surface area (Å²) >= 11 is 1.73. The van der Waals surface area contributed by atoms with Crippen molar-refractivity contribution in [1.29, 1.82) is 0 Å². The van der Waals surface area contributed by atoms with Crippen LogP contribution in [0.25, 0.3) is 0 Å². The van der Waals surface area contributed by atoms with Gasteiger partial charge in [-0.15, -0.1) is 11.3 Å². The molecule has 21 heavy (non-hydrogen) atoms. The van der Waals surface area contributed by atoms with Crippen LogP contribution in [-0.4, -0.2) is 48.6 Å². The molecular formula is C16H21N3OS. The summed E-state index contributed by atoms with van der Waals surface area (Å²) < 4.78 is 5.53. The molecule has 2 heterocycles. The first-order chi connectivity index (χ1) is 10.3. The average Bonchev–Trinajstić information content (AvgIpc) is 3.02. The van der Waals surface area contributed by atoms with Crippen molar-refractivity contribution in [2.45, 2.75) is 12.6 Å². The molecule has 1 aromatic carbocycles. The molecule has 0 aliphatic carbocycles. The van der Waals surface area contributed by atoms with E-state index in [-0.39, 0.29) is 0 Å². The third-order valence-electron chi connectivity index (χ3n) is 4.07. The first kappa shape index (κ1) is 14.5. The highest BCUT2D eigenvalue weighted by molar-refractivity contribution is 7.09. The second kappa shape index (κ2) is 6.56. The van der Waals surface area contributed by atoms with Gasteiger partial charge in [0.05, 0.1) is 19.7 Å². The first-order valence-electron chi connectivity index (χ1n) is 7.22. The summed E-state index contributed by atoms with van der Waals surface area (Å²) in [6, 6.07) is 8.70.